The Labute approximate surface area is 248 Å². The number of fused-ring (bicyclic) bond motifs is 1. The molecule has 1 spiro atoms. The third-order valence-corrected chi connectivity index (χ3v) is 9.43. The van der Waals surface area contributed by atoms with Crippen LogP contribution in [0.1, 0.15) is 56.0 Å². The zero-order chi connectivity index (χ0) is 30.9. The molecule has 0 saturated carbocycles. The molecule has 5 aliphatic heterocycles. The number of hydrogen-bond donors (Lipinski definition) is 7. The first-order valence-electron chi connectivity index (χ1n) is 14.7. The van der Waals surface area contributed by atoms with Crippen LogP contribution < -0.4 is 31.8 Å². The SMILES string of the molecule is CCCCN1CC(=O)N(C[C@@H]2N=C(N)N3CC(NC(=O)c4cccc5c4OCCC5(C)C)C(O)(O)[C@@]34NC(N)=[NH+][C@@H]24)C1=O. The first-order valence-corrected chi connectivity index (χ1v) is 14.7. The van der Waals surface area contributed by atoms with E-state index in [1.807, 2.05) is 13.0 Å². The van der Waals surface area contributed by atoms with Crippen molar-refractivity contribution in [1.29, 1.82) is 0 Å². The highest BCUT2D eigenvalue weighted by Crippen LogP contribution is 2.43. The van der Waals surface area contributed by atoms with E-state index in [9.17, 15) is 24.6 Å². The average Bonchev–Trinajstić information content (AvgIpc) is 3.52. The van der Waals surface area contributed by atoms with E-state index < -0.39 is 41.5 Å². The Kier molecular flexibility index (Phi) is 6.73. The number of nitrogens with zero attached hydrogens (tertiary/aromatic N) is 4. The maximum absolute atomic E-state index is 13.6. The number of unbranched alkanes of at least 4 members (excludes halogenated alkanes) is 1. The number of amides is 4. The number of guanidine groups is 2. The smallest absolute Gasteiger partial charge is 0.343 e. The molecule has 4 amide bonds. The molecule has 1 aromatic rings. The molecule has 6 rings (SSSR count). The van der Waals surface area contributed by atoms with Gasteiger partial charge in [0.15, 0.2) is 12.0 Å². The summed E-state index contributed by atoms with van der Waals surface area (Å²) >= 11 is 0. The van der Waals surface area contributed by atoms with Gasteiger partial charge in [-0.2, -0.15) is 0 Å². The highest BCUT2D eigenvalue weighted by molar-refractivity contribution is 6.02. The van der Waals surface area contributed by atoms with Gasteiger partial charge < -0.3 is 30.9 Å². The van der Waals surface area contributed by atoms with Gasteiger partial charge >= 0.3 is 12.0 Å². The highest BCUT2D eigenvalue weighted by Gasteiger charge is 2.76. The molecular formula is C28H40N9O6+. The highest BCUT2D eigenvalue weighted by atomic mass is 16.5. The molecule has 1 aromatic carbocycles. The summed E-state index contributed by atoms with van der Waals surface area (Å²) in [6, 6.07) is 1.84. The van der Waals surface area contributed by atoms with Crippen molar-refractivity contribution in [3.8, 4) is 5.75 Å². The fourth-order valence-electron chi connectivity index (χ4n) is 6.99. The fourth-order valence-corrected chi connectivity index (χ4v) is 6.99. The third-order valence-electron chi connectivity index (χ3n) is 9.43. The lowest BCUT2D eigenvalue weighted by molar-refractivity contribution is -0.521. The lowest BCUT2D eigenvalue weighted by atomic mass is 9.79. The number of aliphatic imine (C=N–C) groups is 1. The molecule has 0 aliphatic carbocycles. The fraction of sp³-hybridized carbons (Fsp3) is 0.607. The molecule has 0 radical (unpaired) electrons. The molecule has 232 valence electrons. The van der Waals surface area contributed by atoms with Gasteiger partial charge in [-0.1, -0.05) is 39.3 Å². The summed E-state index contributed by atoms with van der Waals surface area (Å²) in [7, 11) is 0. The summed E-state index contributed by atoms with van der Waals surface area (Å²) in [6.07, 6.45) is 2.43. The number of rotatable bonds is 7. The van der Waals surface area contributed by atoms with Crippen molar-refractivity contribution in [3.05, 3.63) is 29.3 Å². The van der Waals surface area contributed by atoms with E-state index in [1.165, 1.54) is 9.80 Å². The van der Waals surface area contributed by atoms with E-state index in [0.717, 1.165) is 29.7 Å². The average molecular weight is 599 g/mol. The van der Waals surface area contributed by atoms with Crippen molar-refractivity contribution in [1.82, 2.24) is 25.3 Å². The molecule has 0 aromatic heterocycles. The number of carbonyl (C=O) groups is 3. The zero-order valence-corrected chi connectivity index (χ0v) is 24.6. The normalized spacial score (nSPS) is 30.2. The first-order chi connectivity index (χ1) is 20.3. The molecule has 2 fully saturated rings. The van der Waals surface area contributed by atoms with Crippen LogP contribution in [0.25, 0.3) is 0 Å². The molecule has 5 heterocycles. The summed E-state index contributed by atoms with van der Waals surface area (Å²) in [5.74, 6) is -3.12. The third kappa shape index (κ3) is 4.27. The Morgan fingerprint density at radius 1 is 1.28 bits per heavy atom. The number of nitrogens with two attached hydrogens (primary N) is 2. The van der Waals surface area contributed by atoms with E-state index in [2.05, 4.69) is 34.5 Å². The Morgan fingerprint density at radius 2 is 2.05 bits per heavy atom. The zero-order valence-electron chi connectivity index (χ0n) is 24.6. The standard InChI is InChI=1S/C28H39N9O6/c1-4-5-10-35-14-19(38)36(25(35)40)12-17-21-27(34-23(29)33-21)28(41,42)18(13-37(27)24(30)31-17)32-22(39)15-7-6-8-16-20(15)43-11-9-26(16,2)3/h6-8,17-18,21,41-42H,4-5,9-14H2,1-3H3,(H2,30,31)(H,32,39)(H3,29,33,34)/p+1/t17-,18?,21-,27-/m0/s1. The molecule has 5 aliphatic rings. The summed E-state index contributed by atoms with van der Waals surface area (Å²) in [6.45, 7) is 6.77. The van der Waals surface area contributed by atoms with E-state index in [-0.39, 0.29) is 48.4 Å². The maximum atomic E-state index is 13.6. The lowest BCUT2D eigenvalue weighted by Crippen LogP contribution is -2.90. The number of hydrogen-bond acceptors (Lipinski definition) is 11. The van der Waals surface area contributed by atoms with E-state index in [1.54, 1.807) is 12.1 Å². The number of carbonyl (C=O) groups excluding carboxylic acids is 3. The number of nitrogens with one attached hydrogen (secondary N) is 3. The molecule has 9 N–H and O–H groups in total. The van der Waals surface area contributed by atoms with E-state index in [4.69, 9.17) is 16.2 Å². The van der Waals surface area contributed by atoms with E-state index in [0.29, 0.717) is 18.9 Å². The van der Waals surface area contributed by atoms with Crippen LogP contribution in [0.3, 0.4) is 0 Å². The largest absolute Gasteiger partial charge is 0.492 e. The minimum atomic E-state index is -2.64. The first kappa shape index (κ1) is 29.0. The predicted octanol–water partition coefficient (Wildman–Crippen LogP) is -3.33. The second-order valence-electron chi connectivity index (χ2n) is 12.6. The monoisotopic (exact) mass is 598 g/mol. The molecule has 2 saturated heterocycles. The second kappa shape index (κ2) is 9.98. The van der Waals surface area contributed by atoms with Crippen molar-refractivity contribution in [2.24, 2.45) is 16.5 Å². The summed E-state index contributed by atoms with van der Waals surface area (Å²) in [4.78, 5) is 51.1. The Bertz CT molecular complexity index is 1430. The number of aliphatic hydroxyl groups is 2. The number of imide groups is 1. The Balaban J connectivity index is 1.28. The number of benzene rings is 1. The van der Waals surface area contributed by atoms with Gasteiger partial charge in [-0.3, -0.25) is 30.1 Å². The van der Waals surface area contributed by atoms with Gasteiger partial charge in [-0.15, -0.1) is 0 Å². The van der Waals surface area contributed by atoms with Gasteiger partial charge in [0.05, 0.1) is 25.3 Å². The summed E-state index contributed by atoms with van der Waals surface area (Å²) < 4.78 is 5.90. The van der Waals surface area contributed by atoms with E-state index >= 15 is 0 Å². The van der Waals surface area contributed by atoms with Crippen LogP contribution in [-0.4, -0.2) is 117 Å². The number of ether oxygens (including phenoxy) is 1. The molecule has 43 heavy (non-hydrogen) atoms. The minimum Gasteiger partial charge on any atom is -0.492 e. The van der Waals surface area contributed by atoms with Gasteiger partial charge in [0.25, 0.3) is 11.6 Å². The minimum absolute atomic E-state index is 0.0285. The van der Waals surface area contributed by atoms with Crippen molar-refractivity contribution in [2.75, 3.05) is 32.8 Å². The van der Waals surface area contributed by atoms with Crippen molar-refractivity contribution in [2.45, 2.75) is 75.0 Å². The predicted molar refractivity (Wildman–Crippen MR) is 154 cm³/mol. The Hall–Kier alpha value is -4.11. The van der Waals surface area contributed by atoms with Crippen LogP contribution in [0, 0.1) is 0 Å². The summed E-state index contributed by atoms with van der Waals surface area (Å²) in [5.41, 5.74) is 11.8. The molecule has 15 heteroatoms. The van der Waals surface area contributed by atoms with Gasteiger partial charge in [0.2, 0.25) is 11.7 Å². The molecule has 1 unspecified atom stereocenters. The molecule has 4 atom stereocenters. The lowest BCUT2D eigenvalue weighted by Gasteiger charge is -2.46. The van der Waals surface area contributed by atoms with Gasteiger partial charge in [0.1, 0.15) is 24.4 Å². The van der Waals surface area contributed by atoms with Crippen LogP contribution in [0.4, 0.5) is 4.79 Å². The van der Waals surface area contributed by atoms with Crippen LogP contribution >= 0.6 is 0 Å². The number of urea groups is 1. The quantitative estimate of drug-likeness (QED) is 0.122. The summed E-state index contributed by atoms with van der Waals surface area (Å²) in [5, 5.41) is 29.3. The van der Waals surface area contributed by atoms with Gasteiger partial charge in [-0.05, 0) is 24.3 Å². The van der Waals surface area contributed by atoms with Crippen LogP contribution in [0.5, 0.6) is 5.75 Å². The number of para-hydroxylation sites is 1. The van der Waals surface area contributed by atoms with Crippen LogP contribution in [0.15, 0.2) is 23.2 Å². The van der Waals surface area contributed by atoms with Crippen LogP contribution in [0.2, 0.25) is 0 Å². The van der Waals surface area contributed by atoms with Crippen molar-refractivity contribution in [3.63, 3.8) is 0 Å². The molecule has 0 bridgehead atoms. The van der Waals surface area contributed by atoms with Crippen LogP contribution in [-0.2, 0) is 10.2 Å². The van der Waals surface area contributed by atoms with Gasteiger partial charge in [-0.25, -0.2) is 15.1 Å². The van der Waals surface area contributed by atoms with Crippen molar-refractivity contribution >= 4 is 29.8 Å². The topological polar surface area (TPSA) is 213 Å². The van der Waals surface area contributed by atoms with Gasteiger partial charge in [0, 0.05) is 12.1 Å². The molecular weight excluding hydrogens is 558 g/mol. The second-order valence-corrected chi connectivity index (χ2v) is 12.6. The molecule has 15 nitrogen and oxygen atoms in total. The Morgan fingerprint density at radius 3 is 2.79 bits per heavy atom. The maximum Gasteiger partial charge on any atom is 0.343 e. The van der Waals surface area contributed by atoms with Crippen molar-refractivity contribution < 1.29 is 34.3 Å².